The molecule has 2 fully saturated rings. The van der Waals surface area contributed by atoms with Crippen molar-refractivity contribution in [2.24, 2.45) is 5.92 Å². The molecule has 0 saturated carbocycles. The molecule has 2 aliphatic rings. The number of halogens is 3. The summed E-state index contributed by atoms with van der Waals surface area (Å²) < 4.78 is 37.1. The summed E-state index contributed by atoms with van der Waals surface area (Å²) >= 11 is 1.86. The van der Waals surface area contributed by atoms with Crippen molar-refractivity contribution in [1.82, 2.24) is 15.1 Å². The molecular formula is C14H24F3N3OS. The molecule has 2 aliphatic heterocycles. The molecule has 2 amide bonds. The highest BCUT2D eigenvalue weighted by Gasteiger charge is 2.35. The summed E-state index contributed by atoms with van der Waals surface area (Å²) in [5, 5.41) is 2.89. The number of nitrogens with one attached hydrogen (secondary N) is 1. The van der Waals surface area contributed by atoms with Gasteiger partial charge in [0, 0.05) is 36.7 Å². The quantitative estimate of drug-likeness (QED) is 0.858. The molecule has 0 aliphatic carbocycles. The Kier molecular flexibility index (Phi) is 5.53. The second-order valence-corrected chi connectivity index (χ2v) is 8.52. The van der Waals surface area contributed by atoms with Gasteiger partial charge in [0.05, 0.1) is 6.54 Å². The maximum atomic E-state index is 12.3. The maximum absolute atomic E-state index is 12.3. The van der Waals surface area contributed by atoms with Crippen LogP contribution in [0.15, 0.2) is 0 Å². The summed E-state index contributed by atoms with van der Waals surface area (Å²) in [6.07, 6.45) is -3.44. The van der Waals surface area contributed by atoms with Crippen LogP contribution in [0.4, 0.5) is 18.0 Å². The van der Waals surface area contributed by atoms with Crippen molar-refractivity contribution in [1.29, 1.82) is 0 Å². The van der Waals surface area contributed by atoms with E-state index in [9.17, 15) is 18.0 Å². The van der Waals surface area contributed by atoms with Crippen LogP contribution in [0.3, 0.4) is 0 Å². The first-order valence-electron chi connectivity index (χ1n) is 7.60. The predicted octanol–water partition coefficient (Wildman–Crippen LogP) is 2.41. The lowest BCUT2D eigenvalue weighted by atomic mass is 10.1. The highest BCUT2D eigenvalue weighted by atomic mass is 32.2. The smallest absolute Gasteiger partial charge is 0.338 e. The van der Waals surface area contributed by atoms with Crippen molar-refractivity contribution in [2.75, 3.05) is 45.0 Å². The third kappa shape index (κ3) is 5.53. The summed E-state index contributed by atoms with van der Waals surface area (Å²) in [6, 6.07) is -0.0948. The molecule has 1 N–H and O–H groups in total. The minimum absolute atomic E-state index is 0.0620. The molecule has 0 radical (unpaired) electrons. The first kappa shape index (κ1) is 17.7. The van der Waals surface area contributed by atoms with Crippen LogP contribution in [0.25, 0.3) is 0 Å². The lowest BCUT2D eigenvalue weighted by Gasteiger charge is -2.37. The summed E-state index contributed by atoms with van der Waals surface area (Å²) in [5.74, 6) is 1.03. The Hall–Kier alpha value is -0.630. The molecule has 8 heteroatoms. The number of rotatable bonds is 3. The second-order valence-electron chi connectivity index (χ2n) is 6.72. The molecule has 1 atom stereocenters. The lowest BCUT2D eigenvalue weighted by molar-refractivity contribution is -0.143. The number of thioether (sulfide) groups is 1. The Morgan fingerprint density at radius 1 is 1.36 bits per heavy atom. The van der Waals surface area contributed by atoms with Gasteiger partial charge in [-0.25, -0.2) is 4.79 Å². The fourth-order valence-electron chi connectivity index (χ4n) is 3.01. The zero-order valence-electron chi connectivity index (χ0n) is 13.1. The SMILES string of the molecule is CC1(C)CN(C(=O)NCC2CCN(CC(F)(F)F)C2)CCS1. The van der Waals surface area contributed by atoms with E-state index in [1.807, 2.05) is 11.8 Å². The van der Waals surface area contributed by atoms with Crippen LogP contribution in [0.2, 0.25) is 0 Å². The number of alkyl halides is 3. The molecule has 0 aromatic rings. The van der Waals surface area contributed by atoms with Gasteiger partial charge in [0.2, 0.25) is 0 Å². The third-order valence-corrected chi connectivity index (χ3v) is 5.32. The first-order chi connectivity index (χ1) is 10.1. The van der Waals surface area contributed by atoms with Gasteiger partial charge in [0.25, 0.3) is 0 Å². The summed E-state index contributed by atoms with van der Waals surface area (Å²) in [6.45, 7) is 6.12. The molecule has 2 rings (SSSR count). The van der Waals surface area contributed by atoms with Crippen molar-refractivity contribution < 1.29 is 18.0 Å². The van der Waals surface area contributed by atoms with Crippen LogP contribution in [-0.2, 0) is 0 Å². The van der Waals surface area contributed by atoms with Crippen LogP contribution in [0.1, 0.15) is 20.3 Å². The van der Waals surface area contributed by atoms with Crippen molar-refractivity contribution in [2.45, 2.75) is 31.2 Å². The van der Waals surface area contributed by atoms with Gasteiger partial charge in [0.1, 0.15) is 0 Å². The van der Waals surface area contributed by atoms with E-state index in [1.54, 1.807) is 4.90 Å². The van der Waals surface area contributed by atoms with Gasteiger partial charge in [-0.2, -0.15) is 24.9 Å². The largest absolute Gasteiger partial charge is 0.401 e. The summed E-state index contributed by atoms with van der Waals surface area (Å²) in [4.78, 5) is 15.4. The van der Waals surface area contributed by atoms with E-state index in [2.05, 4.69) is 19.2 Å². The van der Waals surface area contributed by atoms with Crippen LogP contribution in [0.5, 0.6) is 0 Å². The number of hydrogen-bond donors (Lipinski definition) is 1. The molecule has 0 aromatic heterocycles. The van der Waals surface area contributed by atoms with Crippen LogP contribution in [-0.4, -0.2) is 71.8 Å². The topological polar surface area (TPSA) is 35.6 Å². The van der Waals surface area contributed by atoms with Gasteiger partial charge in [-0.15, -0.1) is 0 Å². The average molecular weight is 339 g/mol. The Balaban J connectivity index is 1.71. The zero-order valence-corrected chi connectivity index (χ0v) is 13.9. The first-order valence-corrected chi connectivity index (χ1v) is 8.59. The molecule has 0 spiro atoms. The number of hydrogen-bond acceptors (Lipinski definition) is 3. The van der Waals surface area contributed by atoms with Crippen molar-refractivity contribution in [3.05, 3.63) is 0 Å². The number of carbonyl (C=O) groups excluding carboxylic acids is 1. The summed E-state index contributed by atoms with van der Waals surface area (Å²) in [7, 11) is 0. The number of nitrogens with zero attached hydrogens (tertiary/aromatic N) is 2. The fraction of sp³-hybridized carbons (Fsp3) is 0.929. The number of likely N-dealkylation sites (tertiary alicyclic amines) is 1. The monoisotopic (exact) mass is 339 g/mol. The number of amides is 2. The van der Waals surface area contributed by atoms with Crippen LogP contribution >= 0.6 is 11.8 Å². The maximum Gasteiger partial charge on any atom is 0.401 e. The average Bonchev–Trinajstić information content (AvgIpc) is 2.80. The van der Waals surface area contributed by atoms with Crippen molar-refractivity contribution in [3.8, 4) is 0 Å². The normalized spacial score (nSPS) is 26.2. The van der Waals surface area contributed by atoms with Gasteiger partial charge < -0.3 is 10.2 Å². The number of urea groups is 1. The molecule has 2 saturated heterocycles. The predicted molar refractivity (Wildman–Crippen MR) is 82.1 cm³/mol. The molecule has 2 heterocycles. The molecule has 1 unspecified atom stereocenters. The van der Waals surface area contributed by atoms with Crippen molar-refractivity contribution in [3.63, 3.8) is 0 Å². The van der Waals surface area contributed by atoms with Gasteiger partial charge >= 0.3 is 12.2 Å². The lowest BCUT2D eigenvalue weighted by Crippen LogP contribution is -2.50. The highest BCUT2D eigenvalue weighted by Crippen LogP contribution is 2.29. The summed E-state index contributed by atoms with van der Waals surface area (Å²) in [5.41, 5.74) is 0. The number of carbonyl (C=O) groups is 1. The molecule has 4 nitrogen and oxygen atoms in total. The van der Waals surface area contributed by atoms with Gasteiger partial charge in [-0.05, 0) is 32.7 Å². The van der Waals surface area contributed by atoms with E-state index in [1.165, 1.54) is 4.90 Å². The zero-order chi connectivity index (χ0) is 16.4. The van der Waals surface area contributed by atoms with Crippen LogP contribution < -0.4 is 5.32 Å². The Morgan fingerprint density at radius 3 is 2.73 bits per heavy atom. The Bertz CT molecular complexity index is 403. The third-order valence-electron chi connectivity index (χ3n) is 4.03. The van der Waals surface area contributed by atoms with Gasteiger partial charge in [-0.3, -0.25) is 4.90 Å². The van der Waals surface area contributed by atoms with E-state index in [0.717, 1.165) is 12.3 Å². The standard InChI is InChI=1S/C14H24F3N3OS/c1-13(2)9-20(5-6-22-13)12(21)18-7-11-3-4-19(8-11)10-14(15,16)17/h11H,3-10H2,1-2H3,(H,18,21). The molecule has 0 aromatic carbocycles. The minimum atomic E-state index is -4.14. The van der Waals surface area contributed by atoms with Gasteiger partial charge in [-0.1, -0.05) is 0 Å². The van der Waals surface area contributed by atoms with E-state index in [4.69, 9.17) is 0 Å². The highest BCUT2D eigenvalue weighted by molar-refractivity contribution is 8.00. The molecule has 128 valence electrons. The molecule has 22 heavy (non-hydrogen) atoms. The van der Waals surface area contributed by atoms with E-state index < -0.39 is 12.7 Å². The molecular weight excluding hydrogens is 315 g/mol. The Labute approximate surface area is 133 Å². The fourth-order valence-corrected chi connectivity index (χ4v) is 4.12. The van der Waals surface area contributed by atoms with Crippen molar-refractivity contribution >= 4 is 17.8 Å². The Morgan fingerprint density at radius 2 is 2.09 bits per heavy atom. The van der Waals surface area contributed by atoms with E-state index >= 15 is 0 Å². The van der Waals surface area contributed by atoms with Crippen LogP contribution in [0, 0.1) is 5.92 Å². The molecule has 0 bridgehead atoms. The van der Waals surface area contributed by atoms with E-state index in [0.29, 0.717) is 32.6 Å². The second kappa shape index (κ2) is 6.86. The minimum Gasteiger partial charge on any atom is -0.338 e. The van der Waals surface area contributed by atoms with Gasteiger partial charge in [0.15, 0.2) is 0 Å². The van der Waals surface area contributed by atoms with E-state index in [-0.39, 0.29) is 16.7 Å².